The Morgan fingerprint density at radius 3 is 2.37 bits per heavy atom. The van der Waals surface area contributed by atoms with Gasteiger partial charge in [-0.25, -0.2) is 0 Å². The van der Waals surface area contributed by atoms with Crippen LogP contribution in [0.5, 0.6) is 17.2 Å². The number of methoxy groups -OCH3 is 2. The first kappa shape index (κ1) is 24.9. The molecule has 0 aromatic heterocycles. The molecule has 0 saturated carbocycles. The van der Waals surface area contributed by atoms with Crippen molar-refractivity contribution in [3.05, 3.63) is 65.7 Å². The number of benzene rings is 3. The molecule has 0 bridgehead atoms. The smallest absolute Gasteiger partial charge is 0.255 e. The molecule has 3 aromatic rings. The summed E-state index contributed by atoms with van der Waals surface area (Å²) in [6.45, 7) is 4.93. The number of hydrogen-bond donors (Lipinski definition) is 0. The van der Waals surface area contributed by atoms with E-state index in [4.69, 9.17) is 14.2 Å². The van der Waals surface area contributed by atoms with Crippen LogP contribution in [0.3, 0.4) is 0 Å². The number of carbonyl (C=O) groups is 1. The average Bonchev–Trinajstić information content (AvgIpc) is 2.89. The fourth-order valence-electron chi connectivity index (χ4n) is 5.02. The molecule has 0 fully saturated rings. The quantitative estimate of drug-likeness (QED) is 0.350. The third-order valence-corrected chi connectivity index (χ3v) is 6.90. The molecular formula is C29H36N2O4. The van der Waals surface area contributed by atoms with Crippen molar-refractivity contribution >= 4 is 16.7 Å². The largest absolute Gasteiger partial charge is 0.493 e. The highest BCUT2D eigenvalue weighted by Gasteiger charge is 2.35. The molecule has 35 heavy (non-hydrogen) atoms. The van der Waals surface area contributed by atoms with Gasteiger partial charge >= 0.3 is 0 Å². The van der Waals surface area contributed by atoms with Crippen LogP contribution in [0.1, 0.15) is 49.0 Å². The summed E-state index contributed by atoms with van der Waals surface area (Å²) < 4.78 is 17.4. The van der Waals surface area contributed by atoms with Crippen molar-refractivity contribution in [1.29, 1.82) is 0 Å². The number of fused-ring (bicyclic) bond motifs is 2. The molecule has 3 aromatic carbocycles. The predicted molar refractivity (Wildman–Crippen MR) is 139 cm³/mol. The van der Waals surface area contributed by atoms with Gasteiger partial charge in [0, 0.05) is 12.1 Å². The van der Waals surface area contributed by atoms with E-state index in [1.165, 1.54) is 5.39 Å². The van der Waals surface area contributed by atoms with Crippen molar-refractivity contribution in [1.82, 2.24) is 9.80 Å². The summed E-state index contributed by atoms with van der Waals surface area (Å²) in [6, 6.07) is 18.2. The molecule has 6 heteroatoms. The van der Waals surface area contributed by atoms with Crippen LogP contribution in [0.2, 0.25) is 0 Å². The summed E-state index contributed by atoms with van der Waals surface area (Å²) >= 11 is 0. The monoisotopic (exact) mass is 476 g/mol. The Morgan fingerprint density at radius 2 is 1.69 bits per heavy atom. The van der Waals surface area contributed by atoms with E-state index in [0.29, 0.717) is 23.6 Å². The van der Waals surface area contributed by atoms with Crippen molar-refractivity contribution in [2.24, 2.45) is 0 Å². The Kier molecular flexibility index (Phi) is 7.81. The average molecular weight is 477 g/mol. The molecule has 1 aliphatic heterocycles. The summed E-state index contributed by atoms with van der Waals surface area (Å²) in [5.41, 5.74) is 1.68. The third-order valence-electron chi connectivity index (χ3n) is 6.90. The lowest BCUT2D eigenvalue weighted by atomic mass is 9.97. The first-order valence-electron chi connectivity index (χ1n) is 12.4. The molecule has 0 aliphatic carbocycles. The molecule has 2 unspecified atom stereocenters. The van der Waals surface area contributed by atoms with Crippen LogP contribution in [0, 0.1) is 0 Å². The van der Waals surface area contributed by atoms with E-state index >= 15 is 0 Å². The van der Waals surface area contributed by atoms with E-state index in [1.807, 2.05) is 35.2 Å². The summed E-state index contributed by atoms with van der Waals surface area (Å²) in [6.07, 6.45) is 3.18. The van der Waals surface area contributed by atoms with Crippen molar-refractivity contribution in [3.8, 4) is 17.2 Å². The van der Waals surface area contributed by atoms with Gasteiger partial charge in [0.25, 0.3) is 5.91 Å². The van der Waals surface area contributed by atoms with Crippen LogP contribution in [0.4, 0.5) is 0 Å². The minimum Gasteiger partial charge on any atom is -0.493 e. The molecule has 0 radical (unpaired) electrons. The van der Waals surface area contributed by atoms with Crippen molar-refractivity contribution in [2.75, 3.05) is 27.8 Å². The lowest BCUT2D eigenvalue weighted by Gasteiger charge is -2.43. The van der Waals surface area contributed by atoms with Gasteiger partial charge in [-0.3, -0.25) is 9.69 Å². The molecule has 0 spiro atoms. The zero-order chi connectivity index (χ0) is 24.9. The maximum absolute atomic E-state index is 13.6. The summed E-state index contributed by atoms with van der Waals surface area (Å²) in [5.74, 6) is 2.10. The second-order valence-corrected chi connectivity index (χ2v) is 9.04. The summed E-state index contributed by atoms with van der Waals surface area (Å²) in [4.78, 5) is 17.8. The maximum Gasteiger partial charge on any atom is 0.255 e. The Bertz CT molecular complexity index is 1180. The molecule has 6 nitrogen and oxygen atoms in total. The number of carbonyl (C=O) groups excluding carboxylic acids is 1. The van der Waals surface area contributed by atoms with Crippen molar-refractivity contribution in [3.63, 3.8) is 0 Å². The highest BCUT2D eigenvalue weighted by atomic mass is 16.5. The molecule has 1 heterocycles. The normalized spacial score (nSPS) is 15.1. The summed E-state index contributed by atoms with van der Waals surface area (Å²) in [5, 5.41) is 2.35. The number of nitrogens with zero attached hydrogens (tertiary/aromatic N) is 2. The number of hydrogen-bond acceptors (Lipinski definition) is 5. The number of rotatable bonds is 10. The fraction of sp³-hybridized carbons (Fsp3) is 0.414. The van der Waals surface area contributed by atoms with Gasteiger partial charge in [-0.05, 0) is 66.9 Å². The lowest BCUT2D eigenvalue weighted by molar-refractivity contribution is -0.0434. The van der Waals surface area contributed by atoms with Gasteiger partial charge in [0.2, 0.25) is 0 Å². The molecule has 0 saturated heterocycles. The second-order valence-electron chi connectivity index (χ2n) is 9.04. The Morgan fingerprint density at radius 1 is 0.971 bits per heavy atom. The Hall–Kier alpha value is -3.25. The van der Waals surface area contributed by atoms with E-state index in [0.717, 1.165) is 42.4 Å². The van der Waals surface area contributed by atoms with Crippen molar-refractivity contribution in [2.45, 2.75) is 51.9 Å². The van der Waals surface area contributed by atoms with Gasteiger partial charge in [0.05, 0.1) is 20.4 Å². The van der Waals surface area contributed by atoms with Crippen LogP contribution in [0.25, 0.3) is 10.8 Å². The highest BCUT2D eigenvalue weighted by Crippen LogP contribution is 2.34. The summed E-state index contributed by atoms with van der Waals surface area (Å²) in [7, 11) is 5.27. The van der Waals surface area contributed by atoms with Crippen LogP contribution in [-0.4, -0.2) is 55.9 Å². The van der Waals surface area contributed by atoms with E-state index in [2.05, 4.69) is 50.1 Å². The minimum absolute atomic E-state index is 0.0202. The molecule has 2 atom stereocenters. The molecule has 4 rings (SSSR count). The minimum atomic E-state index is -0.147. The van der Waals surface area contributed by atoms with Gasteiger partial charge < -0.3 is 19.1 Å². The SMILES string of the molecule is CCCC(Oc1ccc2ccccc2c1)N(C)C(CC)N1CCc2cc(OC)c(OC)cc2C1=O. The molecule has 1 aliphatic rings. The fourth-order valence-corrected chi connectivity index (χ4v) is 5.02. The zero-order valence-corrected chi connectivity index (χ0v) is 21.4. The molecule has 1 amide bonds. The van der Waals surface area contributed by atoms with E-state index in [1.54, 1.807) is 14.2 Å². The van der Waals surface area contributed by atoms with E-state index < -0.39 is 0 Å². The number of ether oxygens (including phenoxy) is 3. The highest BCUT2D eigenvalue weighted by molar-refractivity contribution is 5.97. The Balaban J connectivity index is 1.57. The predicted octanol–water partition coefficient (Wildman–Crippen LogP) is 5.73. The second kappa shape index (κ2) is 11.0. The van der Waals surface area contributed by atoms with Crippen LogP contribution in [-0.2, 0) is 6.42 Å². The topological polar surface area (TPSA) is 51.2 Å². The van der Waals surface area contributed by atoms with Crippen LogP contribution >= 0.6 is 0 Å². The van der Waals surface area contributed by atoms with Gasteiger partial charge in [-0.15, -0.1) is 0 Å². The molecule has 186 valence electrons. The molecule has 0 N–H and O–H groups in total. The van der Waals surface area contributed by atoms with Gasteiger partial charge in [-0.2, -0.15) is 0 Å². The third kappa shape index (κ3) is 5.08. The maximum atomic E-state index is 13.6. The standard InChI is InChI=1S/C29H36N2O4/c1-6-10-28(35-23-14-13-20-11-8-9-12-21(20)17-23)30(3)27(7-2)31-16-15-22-18-25(33-4)26(34-5)19-24(22)29(31)32/h8-9,11-14,17-19,27-28H,6-7,10,15-16H2,1-5H3. The van der Waals surface area contributed by atoms with Crippen LogP contribution < -0.4 is 14.2 Å². The van der Waals surface area contributed by atoms with Crippen LogP contribution in [0.15, 0.2) is 54.6 Å². The van der Waals surface area contributed by atoms with Gasteiger partial charge in [0.15, 0.2) is 17.7 Å². The van der Waals surface area contributed by atoms with Gasteiger partial charge in [-0.1, -0.05) is 50.6 Å². The van der Waals surface area contributed by atoms with E-state index in [9.17, 15) is 4.79 Å². The first-order chi connectivity index (χ1) is 17.0. The van der Waals surface area contributed by atoms with Crippen molar-refractivity contribution < 1.29 is 19.0 Å². The Labute approximate surface area is 208 Å². The van der Waals surface area contributed by atoms with Gasteiger partial charge in [0.1, 0.15) is 5.75 Å². The zero-order valence-electron chi connectivity index (χ0n) is 21.4. The number of amides is 1. The van der Waals surface area contributed by atoms with E-state index in [-0.39, 0.29) is 18.3 Å². The first-order valence-corrected chi connectivity index (χ1v) is 12.4. The molecular weight excluding hydrogens is 440 g/mol. The lowest BCUT2D eigenvalue weighted by Crippen LogP contribution is -2.55.